The average molecular weight is 182 g/mol. The third kappa shape index (κ3) is 1.02. The molecule has 0 saturated heterocycles. The Morgan fingerprint density at radius 2 is 2.07 bits per heavy atom. The summed E-state index contributed by atoms with van der Waals surface area (Å²) in [6.45, 7) is 0. The van der Waals surface area contributed by atoms with Gasteiger partial charge in [0, 0.05) is 10.6 Å². The Morgan fingerprint density at radius 1 is 1.14 bits per heavy atom. The van der Waals surface area contributed by atoms with E-state index in [1.54, 1.807) is 0 Å². The molecular formula is C13H10O. The molecule has 0 N–H and O–H groups in total. The highest BCUT2D eigenvalue weighted by molar-refractivity contribution is 5.79. The van der Waals surface area contributed by atoms with Crippen LogP contribution in [0.1, 0.15) is 6.42 Å². The molecule has 1 aliphatic rings. The molecule has 1 nitrogen and oxygen atoms in total. The van der Waals surface area contributed by atoms with Gasteiger partial charge in [0.2, 0.25) is 0 Å². The lowest BCUT2D eigenvalue weighted by Crippen LogP contribution is -2.18. The Hall–Kier alpha value is -1.76. The van der Waals surface area contributed by atoms with Crippen molar-refractivity contribution in [3.8, 4) is 0 Å². The maximum absolute atomic E-state index is 5.74. The Morgan fingerprint density at radius 3 is 3.07 bits per heavy atom. The number of para-hydroxylation sites is 1. The third-order valence-corrected chi connectivity index (χ3v) is 2.50. The predicted molar refractivity (Wildman–Crippen MR) is 58.2 cm³/mol. The molecular weight excluding hydrogens is 172 g/mol. The quantitative estimate of drug-likeness (QED) is 0.607. The van der Waals surface area contributed by atoms with Gasteiger partial charge in [0.25, 0.3) is 0 Å². The molecule has 0 spiro atoms. The van der Waals surface area contributed by atoms with E-state index in [2.05, 4.69) is 30.4 Å². The van der Waals surface area contributed by atoms with Crippen LogP contribution in [0.3, 0.4) is 0 Å². The lowest BCUT2D eigenvalue weighted by molar-refractivity contribution is 0.574. The Bertz CT molecular complexity index is 614. The minimum absolute atomic E-state index is 0.948. The number of rotatable bonds is 0. The van der Waals surface area contributed by atoms with Gasteiger partial charge in [0.15, 0.2) is 0 Å². The molecule has 0 atom stereocenters. The highest BCUT2D eigenvalue weighted by atomic mass is 16.3. The van der Waals surface area contributed by atoms with Crippen molar-refractivity contribution in [2.75, 3.05) is 0 Å². The molecule has 2 aromatic rings. The van der Waals surface area contributed by atoms with Crippen molar-refractivity contribution in [2.24, 2.45) is 0 Å². The van der Waals surface area contributed by atoms with Crippen molar-refractivity contribution < 1.29 is 4.42 Å². The number of benzene rings is 1. The lowest BCUT2D eigenvalue weighted by atomic mass is 10.2. The fourth-order valence-corrected chi connectivity index (χ4v) is 1.83. The van der Waals surface area contributed by atoms with E-state index < -0.39 is 0 Å². The van der Waals surface area contributed by atoms with Crippen molar-refractivity contribution in [3.05, 3.63) is 47.1 Å². The first-order chi connectivity index (χ1) is 6.95. The van der Waals surface area contributed by atoms with Crippen LogP contribution in [0.5, 0.6) is 0 Å². The zero-order valence-electron chi connectivity index (χ0n) is 7.73. The fourth-order valence-electron chi connectivity index (χ4n) is 1.83. The molecule has 0 saturated carbocycles. The zero-order valence-corrected chi connectivity index (χ0v) is 7.73. The zero-order chi connectivity index (χ0) is 9.38. The van der Waals surface area contributed by atoms with Crippen LogP contribution in [-0.4, -0.2) is 0 Å². The van der Waals surface area contributed by atoms with E-state index in [0.29, 0.717) is 0 Å². The van der Waals surface area contributed by atoms with Crippen molar-refractivity contribution in [2.45, 2.75) is 6.42 Å². The maximum Gasteiger partial charge on any atom is 0.135 e. The van der Waals surface area contributed by atoms with Crippen LogP contribution in [0.4, 0.5) is 0 Å². The van der Waals surface area contributed by atoms with Crippen LogP contribution in [0.25, 0.3) is 23.1 Å². The van der Waals surface area contributed by atoms with Crippen LogP contribution in [0.2, 0.25) is 0 Å². The summed E-state index contributed by atoms with van der Waals surface area (Å²) in [5.74, 6) is 0. The van der Waals surface area contributed by atoms with E-state index in [1.165, 1.54) is 10.6 Å². The van der Waals surface area contributed by atoms with Crippen molar-refractivity contribution >= 4 is 23.1 Å². The largest absolute Gasteiger partial charge is 0.456 e. The number of hydrogen-bond acceptors (Lipinski definition) is 1. The number of allylic oxidation sites excluding steroid dienone is 2. The Kier molecular flexibility index (Phi) is 1.57. The number of furan rings is 1. The lowest BCUT2D eigenvalue weighted by Gasteiger charge is -1.83. The van der Waals surface area contributed by atoms with Gasteiger partial charge < -0.3 is 4.42 Å². The highest BCUT2D eigenvalue weighted by Gasteiger charge is 2.01. The molecule has 0 unspecified atom stereocenters. The molecule has 0 bridgehead atoms. The minimum Gasteiger partial charge on any atom is -0.456 e. The van der Waals surface area contributed by atoms with Gasteiger partial charge in [-0.2, -0.15) is 0 Å². The van der Waals surface area contributed by atoms with Crippen LogP contribution in [-0.2, 0) is 0 Å². The molecule has 3 rings (SSSR count). The summed E-state index contributed by atoms with van der Waals surface area (Å²) in [6, 6.07) is 8.15. The first-order valence-corrected chi connectivity index (χ1v) is 4.80. The summed E-state index contributed by atoms with van der Waals surface area (Å²) >= 11 is 0. The average Bonchev–Trinajstić information content (AvgIpc) is 2.42. The maximum atomic E-state index is 5.74. The van der Waals surface area contributed by atoms with Gasteiger partial charge in [0.1, 0.15) is 11.0 Å². The number of fused-ring (bicyclic) bond motifs is 3. The second-order valence-electron chi connectivity index (χ2n) is 3.41. The van der Waals surface area contributed by atoms with Gasteiger partial charge in [-0.1, -0.05) is 36.4 Å². The SMILES string of the molecule is C1=CCC=c2oc3ccccc3c2=C1. The van der Waals surface area contributed by atoms with E-state index in [9.17, 15) is 0 Å². The van der Waals surface area contributed by atoms with Gasteiger partial charge in [-0.3, -0.25) is 0 Å². The summed E-state index contributed by atoms with van der Waals surface area (Å²) in [5, 5.41) is 2.40. The molecule has 0 fully saturated rings. The highest BCUT2D eigenvalue weighted by Crippen LogP contribution is 2.07. The predicted octanol–water partition coefficient (Wildman–Crippen LogP) is 1.95. The van der Waals surface area contributed by atoms with E-state index in [1.807, 2.05) is 18.2 Å². The van der Waals surface area contributed by atoms with Crippen LogP contribution in [0.15, 0.2) is 40.8 Å². The summed E-state index contributed by atoms with van der Waals surface area (Å²) in [6.07, 6.45) is 9.40. The summed E-state index contributed by atoms with van der Waals surface area (Å²) < 4.78 is 5.74. The Balaban J connectivity index is 2.59. The van der Waals surface area contributed by atoms with Crippen LogP contribution in [0, 0.1) is 0 Å². The topological polar surface area (TPSA) is 13.1 Å². The second kappa shape index (κ2) is 2.88. The van der Waals surface area contributed by atoms with Crippen molar-refractivity contribution in [3.63, 3.8) is 0 Å². The summed E-state index contributed by atoms with van der Waals surface area (Å²) in [5.41, 5.74) is 1.97. The molecule has 1 heterocycles. The van der Waals surface area contributed by atoms with E-state index in [0.717, 1.165) is 17.4 Å². The molecule has 0 aliphatic heterocycles. The fraction of sp³-hybridized carbons (Fsp3) is 0.0769. The molecule has 1 heteroatoms. The monoisotopic (exact) mass is 182 g/mol. The normalized spacial score (nSPS) is 14.3. The minimum atomic E-state index is 0.948. The molecule has 1 aromatic carbocycles. The molecule has 14 heavy (non-hydrogen) atoms. The third-order valence-electron chi connectivity index (χ3n) is 2.50. The van der Waals surface area contributed by atoms with Crippen molar-refractivity contribution in [1.29, 1.82) is 0 Å². The first-order valence-electron chi connectivity index (χ1n) is 4.80. The van der Waals surface area contributed by atoms with Gasteiger partial charge in [-0.05, 0) is 18.6 Å². The van der Waals surface area contributed by atoms with Crippen LogP contribution < -0.4 is 10.6 Å². The second-order valence-corrected chi connectivity index (χ2v) is 3.41. The molecule has 68 valence electrons. The van der Waals surface area contributed by atoms with E-state index in [-0.39, 0.29) is 0 Å². The number of hydrogen-bond donors (Lipinski definition) is 0. The molecule has 0 amide bonds. The van der Waals surface area contributed by atoms with Gasteiger partial charge >= 0.3 is 0 Å². The van der Waals surface area contributed by atoms with E-state index in [4.69, 9.17) is 4.42 Å². The first kappa shape index (κ1) is 7.63. The molecule has 0 radical (unpaired) electrons. The van der Waals surface area contributed by atoms with Gasteiger partial charge in [0.05, 0.1) is 0 Å². The smallest absolute Gasteiger partial charge is 0.135 e. The molecule has 1 aromatic heterocycles. The Labute approximate surface area is 81.7 Å². The van der Waals surface area contributed by atoms with E-state index >= 15 is 0 Å². The van der Waals surface area contributed by atoms with Crippen molar-refractivity contribution in [1.82, 2.24) is 0 Å². The molecule has 1 aliphatic carbocycles. The van der Waals surface area contributed by atoms with Gasteiger partial charge in [-0.15, -0.1) is 0 Å². The standard InChI is InChI=1S/C13H10O/c1-2-6-10-11-7-4-5-9-13(11)14-12(10)8-3-1/h1-2,4-9H,3H2. The van der Waals surface area contributed by atoms with Crippen LogP contribution >= 0.6 is 0 Å². The summed E-state index contributed by atoms with van der Waals surface area (Å²) in [4.78, 5) is 0. The summed E-state index contributed by atoms with van der Waals surface area (Å²) in [7, 11) is 0. The van der Waals surface area contributed by atoms with Gasteiger partial charge in [-0.25, -0.2) is 0 Å².